The molecule has 0 saturated heterocycles. The Balaban J connectivity index is 1.27. The van der Waals surface area contributed by atoms with E-state index in [4.69, 9.17) is 4.74 Å². The summed E-state index contributed by atoms with van der Waals surface area (Å²) in [6.45, 7) is 0.501. The molecule has 0 aliphatic heterocycles. The topological polar surface area (TPSA) is 136 Å². The van der Waals surface area contributed by atoms with Crippen molar-refractivity contribution in [2.45, 2.75) is 56.5 Å². The number of pyridine rings is 1. The van der Waals surface area contributed by atoms with Crippen LogP contribution in [0.3, 0.4) is 0 Å². The monoisotopic (exact) mass is 562 g/mol. The van der Waals surface area contributed by atoms with Gasteiger partial charge in [-0.3, -0.25) is 19.7 Å². The Hall–Kier alpha value is -4.19. The summed E-state index contributed by atoms with van der Waals surface area (Å²) in [5, 5.41) is 20.8. The van der Waals surface area contributed by atoms with E-state index >= 15 is 0 Å². The number of nitrogens with zero attached hydrogens (tertiary/aromatic N) is 5. The van der Waals surface area contributed by atoms with Crippen LogP contribution in [-0.2, 0) is 25.0 Å². The van der Waals surface area contributed by atoms with E-state index in [2.05, 4.69) is 15.2 Å². The number of fused-ring (bicyclic) bond motifs is 1. The van der Waals surface area contributed by atoms with Gasteiger partial charge in [0.25, 0.3) is 5.69 Å². The van der Waals surface area contributed by atoms with Crippen molar-refractivity contribution in [3.63, 3.8) is 0 Å². The number of hydrogen-bond acceptors (Lipinski definition) is 8. The molecule has 1 aliphatic carbocycles. The van der Waals surface area contributed by atoms with Crippen LogP contribution in [0.15, 0.2) is 64.5 Å². The van der Waals surface area contributed by atoms with Crippen LogP contribution < -0.4 is 10.3 Å². The van der Waals surface area contributed by atoms with E-state index in [0.717, 1.165) is 42.1 Å². The van der Waals surface area contributed by atoms with Crippen molar-refractivity contribution in [2.75, 3.05) is 5.75 Å². The van der Waals surface area contributed by atoms with E-state index in [9.17, 15) is 19.7 Å². The van der Waals surface area contributed by atoms with Crippen LogP contribution in [0, 0.1) is 10.1 Å². The Morgan fingerprint density at radius 1 is 1.15 bits per heavy atom. The van der Waals surface area contributed by atoms with E-state index in [1.807, 2.05) is 36.2 Å². The molecule has 0 unspecified atom stereocenters. The maximum absolute atomic E-state index is 13.6. The summed E-state index contributed by atoms with van der Waals surface area (Å²) in [7, 11) is 1.81. The number of aromatic amines is 1. The number of rotatable bonds is 10. The molecular weight excluding hydrogens is 532 g/mol. The number of H-pyrrole nitrogens is 1. The molecule has 11 nitrogen and oxygen atoms in total. The fourth-order valence-corrected chi connectivity index (χ4v) is 5.84. The molecule has 1 saturated carbocycles. The third kappa shape index (κ3) is 6.33. The molecule has 1 aliphatic rings. The molecule has 5 rings (SSSR count). The molecule has 1 fully saturated rings. The van der Waals surface area contributed by atoms with E-state index < -0.39 is 4.92 Å². The number of nitrogens with one attached hydrogen (secondary N) is 1. The lowest BCUT2D eigenvalue weighted by atomic mass is 9.93. The van der Waals surface area contributed by atoms with Crippen molar-refractivity contribution in [2.24, 2.45) is 7.05 Å². The lowest BCUT2D eigenvalue weighted by molar-refractivity contribution is -0.384. The van der Waals surface area contributed by atoms with Crippen molar-refractivity contribution in [1.29, 1.82) is 0 Å². The van der Waals surface area contributed by atoms with Crippen LogP contribution in [-0.4, -0.2) is 47.3 Å². The number of benzene rings is 2. The molecule has 1 amide bonds. The average molecular weight is 563 g/mol. The van der Waals surface area contributed by atoms with Crippen LogP contribution in [0.2, 0.25) is 0 Å². The molecule has 0 bridgehead atoms. The Kier molecular flexibility index (Phi) is 8.44. The van der Waals surface area contributed by atoms with Gasteiger partial charge in [0.15, 0.2) is 11.0 Å². The first-order valence-electron chi connectivity index (χ1n) is 13.2. The molecule has 208 valence electrons. The molecule has 0 atom stereocenters. The first kappa shape index (κ1) is 27.4. The SMILES string of the molecule is Cn1c(COc2ccc([N+](=O)[O-])cc2)nnc1SCC(=O)N(Cc1cc(=O)[nH]c2ccccc12)C1CCCCC1. The van der Waals surface area contributed by atoms with Crippen LogP contribution >= 0.6 is 11.8 Å². The van der Waals surface area contributed by atoms with Gasteiger partial charge >= 0.3 is 0 Å². The number of non-ortho nitro benzene ring substituents is 1. The highest BCUT2D eigenvalue weighted by Crippen LogP contribution is 2.27. The molecular formula is C28H30N6O5S. The first-order valence-corrected chi connectivity index (χ1v) is 14.2. The molecule has 12 heteroatoms. The van der Waals surface area contributed by atoms with Crippen molar-refractivity contribution in [3.8, 4) is 5.75 Å². The number of carbonyl (C=O) groups excluding carboxylic acids is 1. The quantitative estimate of drug-likeness (QED) is 0.168. The predicted octanol–water partition coefficient (Wildman–Crippen LogP) is 4.60. The van der Waals surface area contributed by atoms with Gasteiger partial charge < -0.3 is 19.2 Å². The van der Waals surface area contributed by atoms with Crippen molar-refractivity contribution in [1.82, 2.24) is 24.6 Å². The van der Waals surface area contributed by atoms with Gasteiger partial charge in [0, 0.05) is 48.7 Å². The summed E-state index contributed by atoms with van der Waals surface area (Å²) in [5.74, 6) is 1.22. The number of amides is 1. The van der Waals surface area contributed by atoms with Gasteiger partial charge in [0.2, 0.25) is 11.5 Å². The van der Waals surface area contributed by atoms with Crippen LogP contribution in [0.1, 0.15) is 43.5 Å². The maximum Gasteiger partial charge on any atom is 0.269 e. The van der Waals surface area contributed by atoms with E-state index in [-0.39, 0.29) is 35.6 Å². The molecule has 40 heavy (non-hydrogen) atoms. The molecule has 1 N–H and O–H groups in total. The fourth-order valence-electron chi connectivity index (χ4n) is 5.02. The minimum atomic E-state index is -0.464. The molecule has 0 radical (unpaired) electrons. The molecule has 4 aromatic rings. The molecule has 2 aromatic carbocycles. The minimum absolute atomic E-state index is 0.00653. The van der Waals surface area contributed by atoms with Gasteiger partial charge in [-0.2, -0.15) is 0 Å². The summed E-state index contributed by atoms with van der Waals surface area (Å²) in [6.07, 6.45) is 5.24. The number of nitro groups is 1. The Morgan fingerprint density at radius 3 is 2.65 bits per heavy atom. The van der Waals surface area contributed by atoms with Gasteiger partial charge in [-0.1, -0.05) is 49.2 Å². The lowest BCUT2D eigenvalue weighted by Crippen LogP contribution is -2.42. The van der Waals surface area contributed by atoms with Crippen LogP contribution in [0.4, 0.5) is 5.69 Å². The predicted molar refractivity (Wildman–Crippen MR) is 151 cm³/mol. The number of ether oxygens (including phenoxy) is 1. The lowest BCUT2D eigenvalue weighted by Gasteiger charge is -2.34. The highest BCUT2D eigenvalue weighted by molar-refractivity contribution is 7.99. The summed E-state index contributed by atoms with van der Waals surface area (Å²) in [4.78, 5) is 41.2. The zero-order valence-corrected chi connectivity index (χ0v) is 22.9. The highest BCUT2D eigenvalue weighted by atomic mass is 32.2. The number of thioether (sulfide) groups is 1. The third-order valence-corrected chi connectivity index (χ3v) is 8.18. The largest absolute Gasteiger partial charge is 0.486 e. The summed E-state index contributed by atoms with van der Waals surface area (Å²) >= 11 is 1.31. The standard InChI is InChI=1S/C28H30N6O5S/c1-32-25(17-39-22-13-11-21(12-14-22)34(37)38)30-31-28(32)40-18-27(36)33(20-7-3-2-4-8-20)16-19-15-26(35)29-24-10-6-5-9-23(19)24/h5-6,9-15,20H,2-4,7-8,16-18H2,1H3,(H,29,35). The zero-order chi connectivity index (χ0) is 28.1. The second kappa shape index (κ2) is 12.3. The zero-order valence-electron chi connectivity index (χ0n) is 22.1. The van der Waals surface area contributed by atoms with Crippen molar-refractivity contribution in [3.05, 3.63) is 86.5 Å². The Bertz CT molecular complexity index is 1560. The van der Waals surface area contributed by atoms with Gasteiger partial charge in [0.05, 0.1) is 10.7 Å². The number of nitro benzene ring substituents is 1. The summed E-state index contributed by atoms with van der Waals surface area (Å²) in [5.41, 5.74) is 1.41. The highest BCUT2D eigenvalue weighted by Gasteiger charge is 2.27. The average Bonchev–Trinajstić information content (AvgIpc) is 3.32. The third-order valence-electron chi connectivity index (χ3n) is 7.18. The minimum Gasteiger partial charge on any atom is -0.486 e. The van der Waals surface area contributed by atoms with E-state index in [0.29, 0.717) is 23.3 Å². The molecule has 0 spiro atoms. The molecule has 2 aromatic heterocycles. The Morgan fingerprint density at radius 2 is 1.90 bits per heavy atom. The second-order valence-electron chi connectivity index (χ2n) is 9.80. The maximum atomic E-state index is 13.6. The van der Waals surface area contributed by atoms with E-state index in [1.165, 1.54) is 42.4 Å². The van der Waals surface area contributed by atoms with Gasteiger partial charge in [-0.05, 0) is 36.6 Å². The number of carbonyl (C=O) groups is 1. The second-order valence-corrected chi connectivity index (χ2v) is 10.7. The summed E-state index contributed by atoms with van der Waals surface area (Å²) in [6, 6.07) is 15.2. The number of para-hydroxylation sites is 1. The van der Waals surface area contributed by atoms with Gasteiger partial charge in [-0.25, -0.2) is 0 Å². The van der Waals surface area contributed by atoms with Gasteiger partial charge in [0.1, 0.15) is 12.4 Å². The number of aromatic nitrogens is 4. The summed E-state index contributed by atoms with van der Waals surface area (Å²) < 4.78 is 7.49. The van der Waals surface area contributed by atoms with E-state index in [1.54, 1.807) is 10.6 Å². The van der Waals surface area contributed by atoms with Crippen molar-refractivity contribution < 1.29 is 14.5 Å². The van der Waals surface area contributed by atoms with Gasteiger partial charge in [-0.15, -0.1) is 10.2 Å². The Labute approximate surface area is 234 Å². The fraction of sp³-hybridized carbons (Fsp3) is 0.357. The van der Waals surface area contributed by atoms with Crippen LogP contribution in [0.25, 0.3) is 10.9 Å². The number of hydrogen-bond donors (Lipinski definition) is 1. The molecule has 2 heterocycles. The normalized spacial score (nSPS) is 13.8. The van der Waals surface area contributed by atoms with Crippen LogP contribution in [0.5, 0.6) is 5.75 Å². The first-order chi connectivity index (χ1) is 19.4. The smallest absolute Gasteiger partial charge is 0.269 e. The van der Waals surface area contributed by atoms with Crippen molar-refractivity contribution >= 4 is 34.3 Å².